The van der Waals surface area contributed by atoms with E-state index in [-0.39, 0.29) is 17.7 Å². The van der Waals surface area contributed by atoms with Gasteiger partial charge >= 0.3 is 0 Å². The molecule has 2 aromatic carbocycles. The number of likely N-dealkylation sites (tertiary alicyclic amines) is 1. The molecule has 126 valence electrons. The van der Waals surface area contributed by atoms with E-state index >= 15 is 0 Å². The van der Waals surface area contributed by atoms with Crippen LogP contribution in [0.5, 0.6) is 0 Å². The Kier molecular flexibility index (Phi) is 4.06. The van der Waals surface area contributed by atoms with Crippen LogP contribution in [0.25, 0.3) is 10.8 Å². The predicted molar refractivity (Wildman–Crippen MR) is 93.7 cm³/mol. The van der Waals surface area contributed by atoms with Crippen LogP contribution < -0.4 is 0 Å². The summed E-state index contributed by atoms with van der Waals surface area (Å²) in [7, 11) is 0. The molecule has 1 aliphatic rings. The monoisotopic (exact) mass is 334 g/mol. The van der Waals surface area contributed by atoms with E-state index in [1.165, 1.54) is 0 Å². The first-order valence-corrected chi connectivity index (χ1v) is 8.43. The van der Waals surface area contributed by atoms with Gasteiger partial charge in [-0.2, -0.15) is 0 Å². The van der Waals surface area contributed by atoms with Gasteiger partial charge in [-0.25, -0.2) is 4.98 Å². The Labute approximate surface area is 145 Å². The third kappa shape index (κ3) is 3.05. The molecule has 0 N–H and O–H groups in total. The van der Waals surface area contributed by atoms with Crippen molar-refractivity contribution in [3.63, 3.8) is 0 Å². The number of fused-ring (bicyclic) bond motifs is 1. The molecule has 0 atom stereocenters. The van der Waals surface area contributed by atoms with Crippen molar-refractivity contribution in [1.29, 1.82) is 0 Å². The van der Waals surface area contributed by atoms with Gasteiger partial charge in [0.05, 0.1) is 5.69 Å². The molecule has 4 rings (SSSR count). The highest BCUT2D eigenvalue weighted by atomic mass is 16.3. The van der Waals surface area contributed by atoms with Crippen molar-refractivity contribution in [2.45, 2.75) is 18.8 Å². The van der Waals surface area contributed by atoms with Gasteiger partial charge in [0.25, 0.3) is 11.8 Å². The molecule has 25 heavy (non-hydrogen) atoms. The topological polar surface area (TPSA) is 63.4 Å². The maximum absolute atomic E-state index is 12.8. The van der Waals surface area contributed by atoms with Gasteiger partial charge in [0.2, 0.25) is 6.29 Å². The fourth-order valence-corrected chi connectivity index (χ4v) is 3.43. The van der Waals surface area contributed by atoms with Crippen molar-refractivity contribution in [1.82, 2.24) is 9.88 Å². The molecule has 1 aromatic heterocycles. The van der Waals surface area contributed by atoms with Crippen LogP contribution in [-0.2, 0) is 0 Å². The molecule has 2 heterocycles. The number of aldehydes is 1. The third-order valence-electron chi connectivity index (χ3n) is 4.84. The SMILES string of the molecule is O=Cc1nc(C2CCN(C(=O)c3ccc4ccccc4c3)CC2)co1. The Balaban J connectivity index is 1.45. The molecule has 1 amide bonds. The van der Waals surface area contributed by atoms with Gasteiger partial charge in [0.15, 0.2) is 0 Å². The molecular formula is C20H18N2O3. The lowest BCUT2D eigenvalue weighted by Crippen LogP contribution is -2.38. The smallest absolute Gasteiger partial charge is 0.259 e. The number of nitrogens with zero attached hydrogens (tertiary/aromatic N) is 2. The number of rotatable bonds is 3. The van der Waals surface area contributed by atoms with Crippen LogP contribution in [-0.4, -0.2) is 35.2 Å². The average molecular weight is 334 g/mol. The largest absolute Gasteiger partial charge is 0.442 e. The Morgan fingerprint density at radius 3 is 2.60 bits per heavy atom. The van der Waals surface area contributed by atoms with Crippen molar-refractivity contribution in [2.24, 2.45) is 0 Å². The van der Waals surface area contributed by atoms with Crippen molar-refractivity contribution in [2.75, 3.05) is 13.1 Å². The second kappa shape index (κ2) is 6.51. The number of aromatic nitrogens is 1. The van der Waals surface area contributed by atoms with Gasteiger partial charge in [0.1, 0.15) is 6.26 Å². The van der Waals surface area contributed by atoms with Crippen molar-refractivity contribution in [3.05, 3.63) is 65.9 Å². The van der Waals surface area contributed by atoms with Crippen LogP contribution in [0.3, 0.4) is 0 Å². The standard InChI is InChI=1S/C20H18N2O3/c23-12-19-21-18(13-25-19)15-7-9-22(10-8-15)20(24)17-6-5-14-3-1-2-4-16(14)11-17/h1-6,11-13,15H,7-10H2. The summed E-state index contributed by atoms with van der Waals surface area (Å²) >= 11 is 0. The maximum atomic E-state index is 12.8. The fourth-order valence-electron chi connectivity index (χ4n) is 3.43. The fraction of sp³-hybridized carbons (Fsp3) is 0.250. The molecule has 1 saturated heterocycles. The van der Waals surface area contributed by atoms with Crippen molar-refractivity contribution < 1.29 is 14.0 Å². The molecule has 0 spiro atoms. The molecule has 5 nitrogen and oxygen atoms in total. The number of carbonyl (C=O) groups is 2. The van der Waals surface area contributed by atoms with E-state index in [0.29, 0.717) is 19.4 Å². The zero-order valence-corrected chi connectivity index (χ0v) is 13.7. The summed E-state index contributed by atoms with van der Waals surface area (Å²) in [4.78, 5) is 29.5. The van der Waals surface area contributed by atoms with Crippen LogP contribution >= 0.6 is 0 Å². The van der Waals surface area contributed by atoms with E-state index in [4.69, 9.17) is 4.42 Å². The minimum atomic E-state index is 0.0675. The molecular weight excluding hydrogens is 316 g/mol. The van der Waals surface area contributed by atoms with Crippen LogP contribution in [0, 0.1) is 0 Å². The average Bonchev–Trinajstić information content (AvgIpc) is 3.16. The number of amides is 1. The second-order valence-electron chi connectivity index (χ2n) is 6.36. The maximum Gasteiger partial charge on any atom is 0.259 e. The van der Waals surface area contributed by atoms with Gasteiger partial charge in [-0.1, -0.05) is 30.3 Å². The van der Waals surface area contributed by atoms with Crippen LogP contribution in [0.1, 0.15) is 45.5 Å². The summed E-state index contributed by atoms with van der Waals surface area (Å²) in [6.45, 7) is 1.36. The van der Waals surface area contributed by atoms with E-state index < -0.39 is 0 Å². The second-order valence-corrected chi connectivity index (χ2v) is 6.36. The zero-order valence-electron chi connectivity index (χ0n) is 13.7. The molecule has 5 heteroatoms. The molecule has 0 radical (unpaired) electrons. The third-order valence-corrected chi connectivity index (χ3v) is 4.84. The Bertz CT molecular complexity index is 923. The van der Waals surface area contributed by atoms with Gasteiger partial charge in [-0.05, 0) is 35.7 Å². The molecule has 0 bridgehead atoms. The Morgan fingerprint density at radius 2 is 1.88 bits per heavy atom. The van der Waals surface area contributed by atoms with Gasteiger partial charge < -0.3 is 9.32 Å². The first kappa shape index (κ1) is 15.6. The number of hydrogen-bond acceptors (Lipinski definition) is 4. The molecule has 0 saturated carbocycles. The summed E-state index contributed by atoms with van der Waals surface area (Å²) in [5, 5.41) is 2.21. The van der Waals surface area contributed by atoms with Crippen molar-refractivity contribution in [3.8, 4) is 0 Å². The van der Waals surface area contributed by atoms with Gasteiger partial charge in [-0.3, -0.25) is 9.59 Å². The molecule has 3 aromatic rings. The number of benzene rings is 2. The van der Waals surface area contributed by atoms with E-state index in [1.807, 2.05) is 47.4 Å². The minimum Gasteiger partial charge on any atom is -0.442 e. The van der Waals surface area contributed by atoms with E-state index in [1.54, 1.807) is 6.26 Å². The summed E-state index contributed by atoms with van der Waals surface area (Å²) in [6, 6.07) is 13.9. The number of hydrogen-bond donors (Lipinski definition) is 0. The quantitative estimate of drug-likeness (QED) is 0.686. The number of carbonyl (C=O) groups excluding carboxylic acids is 2. The first-order chi connectivity index (χ1) is 12.2. The van der Waals surface area contributed by atoms with E-state index in [9.17, 15) is 9.59 Å². The Hall–Kier alpha value is -2.95. The molecule has 1 aliphatic heterocycles. The zero-order chi connectivity index (χ0) is 17.2. The first-order valence-electron chi connectivity index (χ1n) is 8.43. The highest BCUT2D eigenvalue weighted by Gasteiger charge is 2.26. The summed E-state index contributed by atoms with van der Waals surface area (Å²) < 4.78 is 5.09. The summed E-state index contributed by atoms with van der Waals surface area (Å²) in [5.74, 6) is 0.417. The highest BCUT2D eigenvalue weighted by molar-refractivity contribution is 5.98. The number of piperidine rings is 1. The number of oxazole rings is 1. The molecule has 0 aliphatic carbocycles. The van der Waals surface area contributed by atoms with Crippen LogP contribution in [0.15, 0.2) is 53.1 Å². The van der Waals surface area contributed by atoms with Crippen LogP contribution in [0.4, 0.5) is 0 Å². The Morgan fingerprint density at radius 1 is 1.12 bits per heavy atom. The minimum absolute atomic E-state index is 0.0675. The lowest BCUT2D eigenvalue weighted by atomic mass is 9.93. The van der Waals surface area contributed by atoms with Crippen molar-refractivity contribution >= 4 is 23.0 Å². The van der Waals surface area contributed by atoms with Gasteiger partial charge in [-0.15, -0.1) is 0 Å². The molecule has 1 fully saturated rings. The van der Waals surface area contributed by atoms with Gasteiger partial charge in [0, 0.05) is 24.6 Å². The normalized spacial score (nSPS) is 15.4. The summed E-state index contributed by atoms with van der Waals surface area (Å²) in [5.41, 5.74) is 1.53. The van der Waals surface area contributed by atoms with Crippen LogP contribution in [0.2, 0.25) is 0 Å². The summed E-state index contributed by atoms with van der Waals surface area (Å²) in [6.07, 6.45) is 3.81. The lowest BCUT2D eigenvalue weighted by molar-refractivity contribution is 0.0712. The highest BCUT2D eigenvalue weighted by Crippen LogP contribution is 2.28. The van der Waals surface area contributed by atoms with E-state index in [2.05, 4.69) is 4.98 Å². The lowest BCUT2D eigenvalue weighted by Gasteiger charge is -2.31. The molecule has 0 unspecified atom stereocenters. The predicted octanol–water partition coefficient (Wildman–Crippen LogP) is 3.66. The van der Waals surface area contributed by atoms with E-state index in [0.717, 1.165) is 34.9 Å².